The van der Waals surface area contributed by atoms with Crippen LogP contribution >= 0.6 is 12.4 Å². The lowest BCUT2D eigenvalue weighted by molar-refractivity contribution is -0.122. The highest BCUT2D eigenvalue weighted by Gasteiger charge is 2.22. The van der Waals surface area contributed by atoms with Gasteiger partial charge in [0, 0.05) is 12.5 Å². The van der Waals surface area contributed by atoms with Crippen LogP contribution in [0.15, 0.2) is 24.3 Å². The van der Waals surface area contributed by atoms with Gasteiger partial charge in [0.2, 0.25) is 5.91 Å². The molecule has 1 aromatic rings. The number of amides is 1. The molecule has 0 saturated carbocycles. The molecule has 0 bridgehead atoms. The predicted octanol–water partition coefficient (Wildman–Crippen LogP) is 3.49. The van der Waals surface area contributed by atoms with E-state index < -0.39 is 0 Å². The van der Waals surface area contributed by atoms with E-state index in [0.717, 1.165) is 19.5 Å². The van der Waals surface area contributed by atoms with Crippen LogP contribution in [0.3, 0.4) is 0 Å². The maximum Gasteiger partial charge on any atom is 0.220 e. The Kier molecular flexibility index (Phi) is 8.64. The van der Waals surface area contributed by atoms with Crippen LogP contribution in [-0.2, 0) is 11.2 Å². The number of piperidine rings is 1. The second-order valence-electron chi connectivity index (χ2n) is 6.89. The number of carbonyl (C=O) groups excluding carboxylic acids is 1. The summed E-state index contributed by atoms with van der Waals surface area (Å²) in [5.74, 6) is 1.30. The summed E-state index contributed by atoms with van der Waals surface area (Å²) < 4.78 is 0. The lowest BCUT2D eigenvalue weighted by Gasteiger charge is -2.28. The standard InChI is InChI=1S/C19H30N2O.ClH/c1-14-7-4-5-8-17(14)12-16(3)21-19(22)11-15(2)18-9-6-10-20-13-18;/h4-5,7-8,15-16,18,20H,6,9-13H2,1-3H3,(H,21,22);1H. The van der Waals surface area contributed by atoms with Crippen molar-refractivity contribution in [3.05, 3.63) is 35.4 Å². The van der Waals surface area contributed by atoms with Crippen LogP contribution < -0.4 is 10.6 Å². The van der Waals surface area contributed by atoms with Crippen molar-refractivity contribution in [1.82, 2.24) is 10.6 Å². The molecule has 3 unspecified atom stereocenters. The molecule has 0 aliphatic carbocycles. The number of hydrogen-bond donors (Lipinski definition) is 2. The van der Waals surface area contributed by atoms with E-state index in [0.29, 0.717) is 18.3 Å². The molecule has 0 radical (unpaired) electrons. The summed E-state index contributed by atoms with van der Waals surface area (Å²) in [6, 6.07) is 8.58. The fourth-order valence-electron chi connectivity index (χ4n) is 3.38. The van der Waals surface area contributed by atoms with Gasteiger partial charge in [-0.15, -0.1) is 12.4 Å². The number of halogens is 1. The molecule has 2 rings (SSSR count). The first-order chi connectivity index (χ1) is 10.6. The molecule has 1 aliphatic rings. The number of benzene rings is 1. The lowest BCUT2D eigenvalue weighted by Crippen LogP contribution is -2.38. The van der Waals surface area contributed by atoms with Gasteiger partial charge in [-0.05, 0) is 69.2 Å². The number of nitrogens with one attached hydrogen (secondary N) is 2. The zero-order valence-corrected chi connectivity index (χ0v) is 15.4. The van der Waals surface area contributed by atoms with Crippen LogP contribution in [-0.4, -0.2) is 25.0 Å². The molecule has 2 N–H and O–H groups in total. The molecular weight excluding hydrogens is 308 g/mol. The number of rotatable bonds is 6. The minimum atomic E-state index is 0. The summed E-state index contributed by atoms with van der Waals surface area (Å²) in [5.41, 5.74) is 2.62. The third-order valence-electron chi connectivity index (χ3n) is 4.84. The maximum absolute atomic E-state index is 12.3. The number of hydrogen-bond acceptors (Lipinski definition) is 2. The first-order valence-electron chi connectivity index (χ1n) is 8.61. The fraction of sp³-hybridized carbons (Fsp3) is 0.632. The van der Waals surface area contributed by atoms with Gasteiger partial charge in [0.15, 0.2) is 0 Å². The Morgan fingerprint density at radius 3 is 2.74 bits per heavy atom. The highest BCUT2D eigenvalue weighted by atomic mass is 35.5. The molecule has 1 amide bonds. The van der Waals surface area contributed by atoms with E-state index in [4.69, 9.17) is 0 Å². The van der Waals surface area contributed by atoms with Gasteiger partial charge in [0.05, 0.1) is 0 Å². The zero-order chi connectivity index (χ0) is 15.9. The Morgan fingerprint density at radius 1 is 1.35 bits per heavy atom. The van der Waals surface area contributed by atoms with Gasteiger partial charge in [0.25, 0.3) is 0 Å². The largest absolute Gasteiger partial charge is 0.353 e. The molecule has 3 atom stereocenters. The first-order valence-corrected chi connectivity index (χ1v) is 8.61. The second-order valence-corrected chi connectivity index (χ2v) is 6.89. The summed E-state index contributed by atoms with van der Waals surface area (Å²) in [4.78, 5) is 12.3. The molecule has 1 saturated heterocycles. The van der Waals surface area contributed by atoms with Crippen molar-refractivity contribution < 1.29 is 4.79 Å². The highest BCUT2D eigenvalue weighted by Crippen LogP contribution is 2.22. The number of carbonyl (C=O) groups is 1. The minimum Gasteiger partial charge on any atom is -0.353 e. The number of aryl methyl sites for hydroxylation is 1. The summed E-state index contributed by atoms with van der Waals surface area (Å²) in [7, 11) is 0. The molecule has 130 valence electrons. The van der Waals surface area contributed by atoms with Gasteiger partial charge in [-0.2, -0.15) is 0 Å². The molecule has 1 heterocycles. The summed E-state index contributed by atoms with van der Waals surface area (Å²) in [5, 5.41) is 6.60. The average Bonchev–Trinajstić information content (AvgIpc) is 2.50. The first kappa shape index (κ1) is 20.0. The van der Waals surface area contributed by atoms with Crippen molar-refractivity contribution in [3.63, 3.8) is 0 Å². The van der Waals surface area contributed by atoms with Crippen LogP contribution in [0.5, 0.6) is 0 Å². The van der Waals surface area contributed by atoms with Crippen LogP contribution in [0, 0.1) is 18.8 Å². The van der Waals surface area contributed by atoms with E-state index in [1.807, 2.05) is 0 Å². The minimum absolute atomic E-state index is 0. The Morgan fingerprint density at radius 2 is 2.09 bits per heavy atom. The van der Waals surface area contributed by atoms with Crippen molar-refractivity contribution >= 4 is 18.3 Å². The average molecular weight is 339 g/mol. The molecule has 4 heteroatoms. The normalized spacial score (nSPS) is 20.2. The van der Waals surface area contributed by atoms with Crippen molar-refractivity contribution in [2.45, 2.75) is 52.5 Å². The van der Waals surface area contributed by atoms with Crippen molar-refractivity contribution in [2.75, 3.05) is 13.1 Å². The molecule has 3 nitrogen and oxygen atoms in total. The quantitative estimate of drug-likeness (QED) is 0.833. The molecule has 1 fully saturated rings. The van der Waals surface area contributed by atoms with Gasteiger partial charge in [-0.1, -0.05) is 31.2 Å². The van der Waals surface area contributed by atoms with E-state index in [9.17, 15) is 4.79 Å². The molecule has 23 heavy (non-hydrogen) atoms. The molecule has 1 aliphatic heterocycles. The van der Waals surface area contributed by atoms with Gasteiger partial charge in [-0.25, -0.2) is 0 Å². The van der Waals surface area contributed by atoms with E-state index in [1.54, 1.807) is 0 Å². The van der Waals surface area contributed by atoms with E-state index in [1.165, 1.54) is 24.0 Å². The van der Waals surface area contributed by atoms with Crippen LogP contribution in [0.2, 0.25) is 0 Å². The third kappa shape index (κ3) is 6.52. The van der Waals surface area contributed by atoms with Crippen LogP contribution in [0.1, 0.15) is 44.2 Å². The smallest absolute Gasteiger partial charge is 0.220 e. The van der Waals surface area contributed by atoms with E-state index in [2.05, 4.69) is 55.7 Å². The van der Waals surface area contributed by atoms with Crippen LogP contribution in [0.4, 0.5) is 0 Å². The predicted molar refractivity (Wildman–Crippen MR) is 99.1 cm³/mol. The van der Waals surface area contributed by atoms with Crippen molar-refractivity contribution in [2.24, 2.45) is 11.8 Å². The van der Waals surface area contributed by atoms with Crippen molar-refractivity contribution in [1.29, 1.82) is 0 Å². The Balaban J connectivity index is 0.00000264. The van der Waals surface area contributed by atoms with Gasteiger partial charge in [-0.3, -0.25) is 4.79 Å². The third-order valence-corrected chi connectivity index (χ3v) is 4.84. The second kappa shape index (κ2) is 9.94. The summed E-state index contributed by atoms with van der Waals surface area (Å²) >= 11 is 0. The summed E-state index contributed by atoms with van der Waals surface area (Å²) in [6.07, 6.45) is 4.03. The van der Waals surface area contributed by atoms with Crippen LogP contribution in [0.25, 0.3) is 0 Å². The zero-order valence-electron chi connectivity index (χ0n) is 14.6. The monoisotopic (exact) mass is 338 g/mol. The lowest BCUT2D eigenvalue weighted by atomic mass is 9.85. The van der Waals surface area contributed by atoms with E-state index in [-0.39, 0.29) is 24.4 Å². The van der Waals surface area contributed by atoms with Gasteiger partial charge in [0.1, 0.15) is 0 Å². The molecule has 0 aromatic heterocycles. The highest BCUT2D eigenvalue weighted by molar-refractivity contribution is 5.85. The van der Waals surface area contributed by atoms with Gasteiger partial charge < -0.3 is 10.6 Å². The SMILES string of the molecule is Cc1ccccc1CC(C)NC(=O)CC(C)C1CCCNC1.Cl. The van der Waals surface area contributed by atoms with Crippen molar-refractivity contribution in [3.8, 4) is 0 Å². The van der Waals surface area contributed by atoms with E-state index >= 15 is 0 Å². The topological polar surface area (TPSA) is 41.1 Å². The molecule has 1 aromatic carbocycles. The Bertz CT molecular complexity index is 486. The maximum atomic E-state index is 12.3. The molecular formula is C19H31ClN2O. The molecule has 0 spiro atoms. The summed E-state index contributed by atoms with van der Waals surface area (Å²) in [6.45, 7) is 8.62. The van der Waals surface area contributed by atoms with Gasteiger partial charge >= 0.3 is 0 Å². The Hall–Kier alpha value is -1.06. The Labute approximate surface area is 147 Å². The fourth-order valence-corrected chi connectivity index (χ4v) is 3.38.